The molecule has 4 heteroatoms. The van der Waals surface area contributed by atoms with Gasteiger partial charge in [-0.15, -0.1) is 0 Å². The second-order valence-electron chi connectivity index (χ2n) is 4.01. The van der Waals surface area contributed by atoms with Gasteiger partial charge in [0.05, 0.1) is 24.2 Å². The normalized spacial score (nSPS) is 10.2. The van der Waals surface area contributed by atoms with Crippen molar-refractivity contribution in [3.63, 3.8) is 0 Å². The minimum Gasteiger partial charge on any atom is -0.494 e. The van der Waals surface area contributed by atoms with Crippen molar-refractivity contribution in [3.8, 4) is 5.75 Å². The highest BCUT2D eigenvalue weighted by atomic mass is 19.1. The number of aryl methyl sites for hydroxylation is 1. The van der Waals surface area contributed by atoms with Crippen LogP contribution in [0.3, 0.4) is 0 Å². The lowest BCUT2D eigenvalue weighted by molar-refractivity contribution is 0.413. The van der Waals surface area contributed by atoms with Gasteiger partial charge in [0.1, 0.15) is 11.6 Å². The van der Waals surface area contributed by atoms with Crippen molar-refractivity contribution in [2.75, 3.05) is 18.2 Å². The number of ether oxygens (including phenoxy) is 1. The van der Waals surface area contributed by atoms with Crippen LogP contribution in [0.5, 0.6) is 5.75 Å². The number of nitrogen functional groups attached to an aromatic ring is 1. The fourth-order valence-corrected chi connectivity index (χ4v) is 1.70. The van der Waals surface area contributed by atoms with Crippen molar-refractivity contribution in [1.82, 2.24) is 0 Å². The summed E-state index contributed by atoms with van der Waals surface area (Å²) in [5.74, 6) is 0.102. The summed E-state index contributed by atoms with van der Waals surface area (Å²) < 4.78 is 18.2. The summed E-state index contributed by atoms with van der Waals surface area (Å²) in [6, 6.07) is 10.0. The lowest BCUT2D eigenvalue weighted by atomic mass is 10.1. The van der Waals surface area contributed by atoms with Crippen LogP contribution in [0.4, 0.5) is 21.5 Å². The fraction of sp³-hybridized carbons (Fsp3) is 0.143. The van der Waals surface area contributed by atoms with Gasteiger partial charge in [-0.3, -0.25) is 0 Å². The molecule has 0 aromatic heterocycles. The molecule has 0 bridgehead atoms. The number of nitrogens with two attached hydrogens (primary N) is 1. The molecule has 0 fully saturated rings. The topological polar surface area (TPSA) is 47.3 Å². The second-order valence-corrected chi connectivity index (χ2v) is 4.01. The molecule has 0 unspecified atom stereocenters. The van der Waals surface area contributed by atoms with Crippen molar-refractivity contribution in [3.05, 3.63) is 47.8 Å². The molecule has 0 saturated carbocycles. The van der Waals surface area contributed by atoms with Gasteiger partial charge in [-0.1, -0.05) is 12.1 Å². The third kappa shape index (κ3) is 2.37. The maximum Gasteiger partial charge on any atom is 0.145 e. The van der Waals surface area contributed by atoms with Crippen LogP contribution < -0.4 is 15.8 Å². The molecule has 0 saturated heterocycles. The highest BCUT2D eigenvalue weighted by Crippen LogP contribution is 2.31. The molecule has 94 valence electrons. The number of methoxy groups -OCH3 is 1. The Kier molecular flexibility index (Phi) is 3.37. The lowest BCUT2D eigenvalue weighted by Crippen LogP contribution is -2.00. The predicted octanol–water partition coefficient (Wildman–Crippen LogP) is 3.47. The Morgan fingerprint density at radius 1 is 1.17 bits per heavy atom. The third-order valence-corrected chi connectivity index (χ3v) is 2.76. The SMILES string of the molecule is COc1cc(F)ccc1Nc1cccc(C)c1N. The van der Waals surface area contributed by atoms with E-state index in [0.29, 0.717) is 17.1 Å². The number of nitrogens with one attached hydrogen (secondary N) is 1. The van der Waals surface area contributed by atoms with E-state index < -0.39 is 0 Å². The Labute approximate surface area is 105 Å². The average molecular weight is 246 g/mol. The minimum atomic E-state index is -0.338. The predicted molar refractivity (Wildman–Crippen MR) is 71.8 cm³/mol. The molecule has 0 atom stereocenters. The molecule has 2 rings (SSSR count). The van der Waals surface area contributed by atoms with E-state index in [0.717, 1.165) is 11.3 Å². The maximum atomic E-state index is 13.1. The van der Waals surface area contributed by atoms with Crippen LogP contribution in [0, 0.1) is 12.7 Å². The van der Waals surface area contributed by atoms with E-state index in [-0.39, 0.29) is 5.82 Å². The van der Waals surface area contributed by atoms with E-state index in [4.69, 9.17) is 10.5 Å². The Hall–Kier alpha value is -2.23. The van der Waals surface area contributed by atoms with Gasteiger partial charge in [0.25, 0.3) is 0 Å². The first-order valence-corrected chi connectivity index (χ1v) is 5.57. The quantitative estimate of drug-likeness (QED) is 0.815. The Morgan fingerprint density at radius 3 is 2.67 bits per heavy atom. The third-order valence-electron chi connectivity index (χ3n) is 2.76. The number of rotatable bonds is 3. The first-order valence-electron chi connectivity index (χ1n) is 5.57. The summed E-state index contributed by atoms with van der Waals surface area (Å²) in [5, 5.41) is 3.14. The lowest BCUT2D eigenvalue weighted by Gasteiger charge is -2.14. The van der Waals surface area contributed by atoms with Gasteiger partial charge < -0.3 is 15.8 Å². The van der Waals surface area contributed by atoms with E-state index in [2.05, 4.69) is 5.32 Å². The molecule has 0 heterocycles. The minimum absolute atomic E-state index is 0.338. The van der Waals surface area contributed by atoms with Crippen LogP contribution in [-0.2, 0) is 0 Å². The largest absolute Gasteiger partial charge is 0.494 e. The van der Waals surface area contributed by atoms with Crippen molar-refractivity contribution in [2.45, 2.75) is 6.92 Å². The zero-order chi connectivity index (χ0) is 13.1. The second kappa shape index (κ2) is 4.96. The molecule has 0 aliphatic carbocycles. The summed E-state index contributed by atoms with van der Waals surface area (Å²) in [7, 11) is 1.50. The van der Waals surface area contributed by atoms with Crippen molar-refractivity contribution >= 4 is 17.1 Å². The molecule has 0 aliphatic heterocycles. The summed E-state index contributed by atoms with van der Waals surface area (Å²) in [4.78, 5) is 0. The van der Waals surface area contributed by atoms with E-state index in [9.17, 15) is 4.39 Å². The van der Waals surface area contributed by atoms with E-state index in [1.165, 1.54) is 19.2 Å². The van der Waals surface area contributed by atoms with Crippen LogP contribution in [0.1, 0.15) is 5.56 Å². The van der Waals surface area contributed by atoms with Gasteiger partial charge >= 0.3 is 0 Å². The molecule has 3 nitrogen and oxygen atoms in total. The van der Waals surface area contributed by atoms with Crippen LogP contribution >= 0.6 is 0 Å². The first kappa shape index (κ1) is 12.2. The molecule has 2 aromatic carbocycles. The van der Waals surface area contributed by atoms with Crippen molar-refractivity contribution in [1.29, 1.82) is 0 Å². The van der Waals surface area contributed by atoms with Crippen molar-refractivity contribution < 1.29 is 9.13 Å². The maximum absolute atomic E-state index is 13.1. The van der Waals surface area contributed by atoms with Crippen LogP contribution in [0.2, 0.25) is 0 Å². The first-order chi connectivity index (χ1) is 8.61. The zero-order valence-electron chi connectivity index (χ0n) is 10.3. The number of halogens is 1. The fourth-order valence-electron chi connectivity index (χ4n) is 1.70. The molecule has 2 aromatic rings. The van der Waals surface area contributed by atoms with Gasteiger partial charge in [-0.05, 0) is 30.7 Å². The highest BCUT2D eigenvalue weighted by molar-refractivity contribution is 5.77. The van der Waals surface area contributed by atoms with Crippen LogP contribution in [-0.4, -0.2) is 7.11 Å². The molecule has 0 amide bonds. The molecule has 3 N–H and O–H groups in total. The summed E-state index contributed by atoms with van der Waals surface area (Å²) in [6.45, 7) is 1.93. The van der Waals surface area contributed by atoms with Gasteiger partial charge in [0.15, 0.2) is 0 Å². The van der Waals surface area contributed by atoms with Gasteiger partial charge in [0, 0.05) is 6.07 Å². The number of para-hydroxylation sites is 1. The Morgan fingerprint density at radius 2 is 1.94 bits per heavy atom. The molecular weight excluding hydrogens is 231 g/mol. The van der Waals surface area contributed by atoms with Crippen molar-refractivity contribution in [2.24, 2.45) is 0 Å². The highest BCUT2D eigenvalue weighted by Gasteiger charge is 2.07. The smallest absolute Gasteiger partial charge is 0.145 e. The average Bonchev–Trinajstić information content (AvgIpc) is 2.37. The van der Waals surface area contributed by atoms with Gasteiger partial charge in [-0.2, -0.15) is 0 Å². The summed E-state index contributed by atoms with van der Waals surface area (Å²) >= 11 is 0. The van der Waals surface area contributed by atoms with E-state index in [1.807, 2.05) is 25.1 Å². The Balaban J connectivity index is 2.37. The molecule has 0 radical (unpaired) electrons. The molecule has 0 spiro atoms. The van der Waals surface area contributed by atoms with Gasteiger partial charge in [0.2, 0.25) is 0 Å². The summed E-state index contributed by atoms with van der Waals surface area (Å²) in [5.41, 5.74) is 9.09. The Bertz CT molecular complexity index is 570. The number of hydrogen-bond donors (Lipinski definition) is 2. The number of hydrogen-bond acceptors (Lipinski definition) is 3. The van der Waals surface area contributed by atoms with Gasteiger partial charge in [-0.25, -0.2) is 4.39 Å². The van der Waals surface area contributed by atoms with E-state index >= 15 is 0 Å². The monoisotopic (exact) mass is 246 g/mol. The van der Waals surface area contributed by atoms with Crippen LogP contribution in [0.25, 0.3) is 0 Å². The number of anilines is 3. The molecule has 0 aliphatic rings. The number of benzene rings is 2. The molecule has 18 heavy (non-hydrogen) atoms. The molecular formula is C14H15FN2O. The summed E-state index contributed by atoms with van der Waals surface area (Å²) in [6.07, 6.45) is 0. The zero-order valence-corrected chi connectivity index (χ0v) is 10.3. The van der Waals surface area contributed by atoms with Crippen LogP contribution in [0.15, 0.2) is 36.4 Å². The van der Waals surface area contributed by atoms with E-state index in [1.54, 1.807) is 6.07 Å². The standard InChI is InChI=1S/C14H15FN2O/c1-9-4-3-5-12(14(9)16)17-11-7-6-10(15)8-13(11)18-2/h3-8,17H,16H2,1-2H3.